The molecule has 1 fully saturated rings. The topological polar surface area (TPSA) is 28.2 Å². The highest BCUT2D eigenvalue weighted by molar-refractivity contribution is 7.15. The van der Waals surface area contributed by atoms with Crippen LogP contribution in [0.3, 0.4) is 0 Å². The molecule has 0 aromatic carbocycles. The van der Waals surface area contributed by atoms with E-state index in [9.17, 15) is 0 Å². The third kappa shape index (κ3) is 3.95. The lowest BCUT2D eigenvalue weighted by Gasteiger charge is -2.34. The van der Waals surface area contributed by atoms with E-state index in [2.05, 4.69) is 37.9 Å². The molecule has 0 aliphatic carbocycles. The molecule has 4 heteroatoms. The van der Waals surface area contributed by atoms with Crippen LogP contribution in [0.25, 0.3) is 0 Å². The molecule has 1 saturated heterocycles. The Morgan fingerprint density at radius 1 is 1.25 bits per heavy atom. The number of anilines is 1. The summed E-state index contributed by atoms with van der Waals surface area (Å²) in [6.45, 7) is 13.6. The van der Waals surface area contributed by atoms with Crippen LogP contribution in [-0.2, 0) is 13.0 Å². The van der Waals surface area contributed by atoms with Gasteiger partial charge in [0.2, 0.25) is 0 Å². The summed E-state index contributed by atoms with van der Waals surface area (Å²) in [7, 11) is 0. The molecule has 1 aliphatic rings. The Morgan fingerprint density at radius 2 is 1.95 bits per heavy atom. The Kier molecular flexibility index (Phi) is 5.85. The molecule has 114 valence electrons. The predicted octanol–water partition coefficient (Wildman–Crippen LogP) is 3.69. The summed E-state index contributed by atoms with van der Waals surface area (Å²) in [6.07, 6.45) is 3.58. The summed E-state index contributed by atoms with van der Waals surface area (Å²) in [4.78, 5) is 8.84. The van der Waals surface area contributed by atoms with Gasteiger partial charge in [0.1, 0.15) is 0 Å². The van der Waals surface area contributed by atoms with Crippen molar-refractivity contribution in [2.24, 2.45) is 11.8 Å². The second kappa shape index (κ2) is 7.41. The maximum atomic E-state index is 4.90. The smallest absolute Gasteiger partial charge is 0.185 e. The largest absolute Gasteiger partial charge is 0.348 e. The van der Waals surface area contributed by atoms with Gasteiger partial charge in [-0.2, -0.15) is 0 Å². The normalized spacial score (nSPS) is 23.3. The fraction of sp³-hybridized carbons (Fsp3) is 0.812. The number of aromatic nitrogens is 1. The molecule has 2 unspecified atom stereocenters. The van der Waals surface area contributed by atoms with E-state index in [-0.39, 0.29) is 0 Å². The number of hydrogen-bond donors (Lipinski definition) is 1. The molecule has 3 nitrogen and oxygen atoms in total. The van der Waals surface area contributed by atoms with Crippen LogP contribution in [-0.4, -0.2) is 24.6 Å². The fourth-order valence-electron chi connectivity index (χ4n) is 3.12. The zero-order valence-corrected chi connectivity index (χ0v) is 14.2. The zero-order valence-electron chi connectivity index (χ0n) is 13.4. The molecule has 1 aliphatic heterocycles. The van der Waals surface area contributed by atoms with Crippen molar-refractivity contribution in [1.82, 2.24) is 10.3 Å². The van der Waals surface area contributed by atoms with E-state index in [1.165, 1.54) is 41.6 Å². The first-order chi connectivity index (χ1) is 9.63. The summed E-state index contributed by atoms with van der Waals surface area (Å²) < 4.78 is 0. The van der Waals surface area contributed by atoms with Gasteiger partial charge in [-0.1, -0.05) is 27.7 Å². The number of rotatable bonds is 6. The average Bonchev–Trinajstić information content (AvgIpc) is 2.81. The third-order valence-electron chi connectivity index (χ3n) is 3.95. The van der Waals surface area contributed by atoms with Gasteiger partial charge in [-0.25, -0.2) is 4.98 Å². The van der Waals surface area contributed by atoms with Crippen LogP contribution in [0.5, 0.6) is 0 Å². The molecule has 0 radical (unpaired) electrons. The summed E-state index contributed by atoms with van der Waals surface area (Å²) in [6, 6.07) is 0. The zero-order chi connectivity index (χ0) is 14.5. The molecule has 2 atom stereocenters. The number of thiazole rings is 1. The highest BCUT2D eigenvalue weighted by Crippen LogP contribution is 2.31. The quantitative estimate of drug-likeness (QED) is 0.811. The maximum absolute atomic E-state index is 4.90. The number of nitrogens with one attached hydrogen (secondary N) is 1. The molecular formula is C16H29N3S. The van der Waals surface area contributed by atoms with Gasteiger partial charge in [0, 0.05) is 24.5 Å². The van der Waals surface area contributed by atoms with Crippen molar-refractivity contribution in [3.05, 3.63) is 10.6 Å². The highest BCUT2D eigenvalue weighted by Gasteiger charge is 2.24. The minimum Gasteiger partial charge on any atom is -0.348 e. The minimum atomic E-state index is 0.786. The summed E-state index contributed by atoms with van der Waals surface area (Å²) in [5, 5.41) is 4.76. The van der Waals surface area contributed by atoms with Crippen molar-refractivity contribution >= 4 is 16.5 Å². The first-order valence-corrected chi connectivity index (χ1v) is 8.89. The van der Waals surface area contributed by atoms with Crippen molar-refractivity contribution in [3.63, 3.8) is 0 Å². The van der Waals surface area contributed by atoms with Crippen LogP contribution >= 0.6 is 11.3 Å². The second-order valence-corrected chi connectivity index (χ2v) is 7.31. The van der Waals surface area contributed by atoms with Gasteiger partial charge in [0.25, 0.3) is 0 Å². The molecule has 1 N–H and O–H groups in total. The fourth-order valence-corrected chi connectivity index (χ4v) is 4.25. The second-order valence-electron chi connectivity index (χ2n) is 6.25. The molecule has 0 bridgehead atoms. The first kappa shape index (κ1) is 15.8. The Hall–Kier alpha value is -0.610. The number of nitrogens with zero attached hydrogens (tertiary/aromatic N) is 2. The van der Waals surface area contributed by atoms with Crippen LogP contribution in [0.2, 0.25) is 0 Å². The molecule has 2 rings (SSSR count). The van der Waals surface area contributed by atoms with E-state index in [1.54, 1.807) is 0 Å². The Labute approximate surface area is 127 Å². The summed E-state index contributed by atoms with van der Waals surface area (Å²) in [5.74, 6) is 1.57. The molecule has 20 heavy (non-hydrogen) atoms. The molecule has 0 amide bonds. The van der Waals surface area contributed by atoms with E-state index in [1.807, 2.05) is 11.3 Å². The standard InChI is InChI=1S/C16H29N3S/c1-5-7-17-9-15-14(6-2)18-16(20-15)19-10-12(3)8-13(4)11-19/h12-13,17H,5-11H2,1-4H3. The minimum absolute atomic E-state index is 0.786. The number of piperidine rings is 1. The molecule has 0 saturated carbocycles. The van der Waals surface area contributed by atoms with Gasteiger partial charge in [-0.3, -0.25) is 0 Å². The molecule has 1 aromatic heterocycles. The van der Waals surface area contributed by atoms with Gasteiger partial charge in [-0.15, -0.1) is 11.3 Å². The van der Waals surface area contributed by atoms with E-state index in [0.717, 1.165) is 31.3 Å². The van der Waals surface area contributed by atoms with Crippen molar-refractivity contribution < 1.29 is 0 Å². The van der Waals surface area contributed by atoms with Crippen LogP contribution in [0.1, 0.15) is 51.1 Å². The molecule has 1 aromatic rings. The van der Waals surface area contributed by atoms with Crippen molar-refractivity contribution in [2.75, 3.05) is 24.5 Å². The third-order valence-corrected chi connectivity index (χ3v) is 5.11. The summed E-state index contributed by atoms with van der Waals surface area (Å²) in [5.41, 5.74) is 1.29. The van der Waals surface area contributed by atoms with Crippen LogP contribution in [0, 0.1) is 11.8 Å². The van der Waals surface area contributed by atoms with E-state index < -0.39 is 0 Å². The highest BCUT2D eigenvalue weighted by atomic mass is 32.1. The van der Waals surface area contributed by atoms with Gasteiger partial charge in [0.05, 0.1) is 5.69 Å². The summed E-state index contributed by atoms with van der Waals surface area (Å²) >= 11 is 1.90. The van der Waals surface area contributed by atoms with Crippen LogP contribution in [0.15, 0.2) is 0 Å². The molecular weight excluding hydrogens is 266 g/mol. The van der Waals surface area contributed by atoms with Crippen molar-refractivity contribution in [1.29, 1.82) is 0 Å². The number of aryl methyl sites for hydroxylation is 1. The van der Waals surface area contributed by atoms with Crippen LogP contribution < -0.4 is 10.2 Å². The maximum Gasteiger partial charge on any atom is 0.185 e. The van der Waals surface area contributed by atoms with Crippen molar-refractivity contribution in [2.45, 2.75) is 53.5 Å². The van der Waals surface area contributed by atoms with Gasteiger partial charge < -0.3 is 10.2 Å². The Balaban J connectivity index is 2.07. The predicted molar refractivity (Wildman–Crippen MR) is 88.6 cm³/mol. The van der Waals surface area contributed by atoms with E-state index in [0.29, 0.717) is 0 Å². The van der Waals surface area contributed by atoms with Gasteiger partial charge in [-0.05, 0) is 37.6 Å². The molecule has 2 heterocycles. The molecule has 0 spiro atoms. The average molecular weight is 295 g/mol. The Bertz CT molecular complexity index is 406. The van der Waals surface area contributed by atoms with Crippen LogP contribution in [0.4, 0.5) is 5.13 Å². The SMILES string of the molecule is CCCNCc1sc(N2CC(C)CC(C)C2)nc1CC. The van der Waals surface area contributed by atoms with Crippen molar-refractivity contribution in [3.8, 4) is 0 Å². The van der Waals surface area contributed by atoms with E-state index in [4.69, 9.17) is 4.98 Å². The van der Waals surface area contributed by atoms with Gasteiger partial charge in [0.15, 0.2) is 5.13 Å². The van der Waals surface area contributed by atoms with E-state index >= 15 is 0 Å². The first-order valence-electron chi connectivity index (χ1n) is 8.08. The number of hydrogen-bond acceptors (Lipinski definition) is 4. The lowest BCUT2D eigenvalue weighted by Crippen LogP contribution is -2.38. The lowest BCUT2D eigenvalue weighted by atomic mass is 9.92. The lowest BCUT2D eigenvalue weighted by molar-refractivity contribution is 0.356. The monoisotopic (exact) mass is 295 g/mol. The van der Waals surface area contributed by atoms with Gasteiger partial charge >= 0.3 is 0 Å². The Morgan fingerprint density at radius 3 is 2.55 bits per heavy atom.